The molecule has 0 unspecified atom stereocenters. The largest absolute Gasteiger partial charge is 0.384 e. The van der Waals surface area contributed by atoms with Crippen LogP contribution in [-0.4, -0.2) is 38.0 Å². The topological polar surface area (TPSA) is 81.4 Å². The van der Waals surface area contributed by atoms with Crippen LogP contribution in [0.15, 0.2) is 29.2 Å². The molecule has 0 aromatic heterocycles. The van der Waals surface area contributed by atoms with Crippen LogP contribution in [0.25, 0.3) is 0 Å². The molecule has 1 aromatic carbocycles. The minimum Gasteiger partial charge on any atom is -0.384 e. The summed E-state index contributed by atoms with van der Waals surface area (Å²) >= 11 is 0. The third kappa shape index (κ3) is 4.08. The summed E-state index contributed by atoms with van der Waals surface area (Å²) in [5.41, 5.74) is 0.632. The van der Waals surface area contributed by atoms with Crippen molar-refractivity contribution in [2.24, 2.45) is 0 Å². The summed E-state index contributed by atoms with van der Waals surface area (Å²) in [7, 11) is -2.13. The number of aliphatic hydroxyl groups is 1. The summed E-state index contributed by atoms with van der Waals surface area (Å²) in [5.74, 6) is 5.17. The lowest BCUT2D eigenvalue weighted by molar-refractivity contribution is 0.350. The van der Waals surface area contributed by atoms with Gasteiger partial charge < -0.3 is 5.11 Å². The van der Waals surface area contributed by atoms with E-state index in [9.17, 15) is 8.42 Å². The maximum Gasteiger partial charge on any atom is 0.242 e. The molecule has 1 N–H and O–H groups in total. The lowest BCUT2D eigenvalue weighted by Crippen LogP contribution is -2.27. The number of aliphatic hydroxyl groups excluding tert-OH is 1. The zero-order chi connectivity index (χ0) is 14.3. The SMILES string of the molecule is CN(CCC#N)S(=O)(=O)c1ccc(C#CCO)cc1. The maximum atomic E-state index is 12.1. The van der Waals surface area contributed by atoms with Crippen LogP contribution in [0.3, 0.4) is 0 Å². The van der Waals surface area contributed by atoms with Crippen molar-refractivity contribution in [3.63, 3.8) is 0 Å². The first-order chi connectivity index (χ1) is 9.02. The number of nitrogens with zero attached hydrogens (tertiary/aromatic N) is 2. The number of hydrogen-bond acceptors (Lipinski definition) is 4. The van der Waals surface area contributed by atoms with E-state index < -0.39 is 10.0 Å². The van der Waals surface area contributed by atoms with E-state index in [1.807, 2.05) is 6.07 Å². The Morgan fingerprint density at radius 2 is 1.95 bits per heavy atom. The average Bonchev–Trinajstić information content (AvgIpc) is 2.42. The van der Waals surface area contributed by atoms with Gasteiger partial charge in [-0.25, -0.2) is 8.42 Å². The van der Waals surface area contributed by atoms with Crippen LogP contribution in [0.1, 0.15) is 12.0 Å². The van der Waals surface area contributed by atoms with Crippen LogP contribution < -0.4 is 0 Å². The third-order valence-electron chi connectivity index (χ3n) is 2.41. The summed E-state index contributed by atoms with van der Waals surface area (Å²) < 4.78 is 25.4. The third-order valence-corrected chi connectivity index (χ3v) is 4.28. The Kier molecular flexibility index (Phi) is 5.53. The first-order valence-electron chi connectivity index (χ1n) is 5.55. The zero-order valence-corrected chi connectivity index (χ0v) is 11.3. The Morgan fingerprint density at radius 3 is 2.47 bits per heavy atom. The number of hydrogen-bond donors (Lipinski definition) is 1. The Hall–Kier alpha value is -1.86. The highest BCUT2D eigenvalue weighted by Crippen LogP contribution is 2.15. The van der Waals surface area contributed by atoms with Gasteiger partial charge in [0.25, 0.3) is 0 Å². The minimum atomic E-state index is -3.56. The smallest absolute Gasteiger partial charge is 0.242 e. The van der Waals surface area contributed by atoms with E-state index in [4.69, 9.17) is 10.4 Å². The van der Waals surface area contributed by atoms with Crippen LogP contribution in [-0.2, 0) is 10.0 Å². The Morgan fingerprint density at radius 1 is 1.32 bits per heavy atom. The normalized spacial score (nSPS) is 10.6. The van der Waals surface area contributed by atoms with Gasteiger partial charge in [0.2, 0.25) is 10.0 Å². The lowest BCUT2D eigenvalue weighted by atomic mass is 10.2. The molecule has 0 aliphatic heterocycles. The molecule has 0 aliphatic carbocycles. The molecule has 5 nitrogen and oxygen atoms in total. The molecule has 0 spiro atoms. The number of sulfonamides is 1. The van der Waals surface area contributed by atoms with Crippen molar-refractivity contribution in [1.82, 2.24) is 4.31 Å². The standard InChI is InChI=1S/C13H14N2O3S/c1-15(10-3-9-14)19(17,18)13-7-5-12(6-8-13)4-2-11-16/h5-8,16H,3,10-11H2,1H3. The Balaban J connectivity index is 2.94. The highest BCUT2D eigenvalue weighted by atomic mass is 32.2. The van der Waals surface area contributed by atoms with Gasteiger partial charge in [-0.05, 0) is 24.3 Å². The van der Waals surface area contributed by atoms with Gasteiger partial charge in [0.15, 0.2) is 0 Å². The summed E-state index contributed by atoms with van der Waals surface area (Å²) in [6.45, 7) is -0.0815. The second kappa shape index (κ2) is 6.91. The molecular formula is C13H14N2O3S. The molecule has 0 fully saturated rings. The van der Waals surface area contributed by atoms with E-state index in [1.165, 1.54) is 19.2 Å². The summed E-state index contributed by atoms with van der Waals surface area (Å²) in [5, 5.41) is 17.0. The molecule has 0 radical (unpaired) electrons. The molecular weight excluding hydrogens is 264 g/mol. The number of rotatable bonds is 4. The van der Waals surface area contributed by atoms with Crippen molar-refractivity contribution in [3.8, 4) is 17.9 Å². The molecule has 0 bridgehead atoms. The Labute approximate surface area is 113 Å². The molecule has 0 amide bonds. The minimum absolute atomic E-state index is 0.149. The van der Waals surface area contributed by atoms with Gasteiger partial charge in [0, 0.05) is 25.6 Å². The first-order valence-corrected chi connectivity index (χ1v) is 6.99. The fourth-order valence-electron chi connectivity index (χ4n) is 1.36. The van der Waals surface area contributed by atoms with E-state index in [2.05, 4.69) is 11.8 Å². The predicted octanol–water partition coefficient (Wildman–Crippen LogP) is 0.565. The predicted molar refractivity (Wildman–Crippen MR) is 70.5 cm³/mol. The molecule has 0 saturated carbocycles. The van der Waals surface area contributed by atoms with Gasteiger partial charge in [-0.15, -0.1) is 0 Å². The quantitative estimate of drug-likeness (QED) is 0.816. The van der Waals surface area contributed by atoms with E-state index in [-0.39, 0.29) is 24.5 Å². The zero-order valence-electron chi connectivity index (χ0n) is 10.5. The van der Waals surface area contributed by atoms with E-state index in [0.29, 0.717) is 5.56 Å². The molecule has 0 atom stereocenters. The van der Waals surface area contributed by atoms with Gasteiger partial charge >= 0.3 is 0 Å². The summed E-state index contributed by atoms with van der Waals surface area (Å²) in [6, 6.07) is 7.98. The van der Waals surface area contributed by atoms with Gasteiger partial charge in [0.1, 0.15) is 6.61 Å². The van der Waals surface area contributed by atoms with Crippen molar-refractivity contribution < 1.29 is 13.5 Å². The molecule has 19 heavy (non-hydrogen) atoms. The van der Waals surface area contributed by atoms with Crippen molar-refractivity contribution >= 4 is 10.0 Å². The lowest BCUT2D eigenvalue weighted by Gasteiger charge is -2.15. The maximum absolute atomic E-state index is 12.1. The highest BCUT2D eigenvalue weighted by Gasteiger charge is 2.19. The molecule has 1 aromatic rings. The fourth-order valence-corrected chi connectivity index (χ4v) is 2.53. The molecule has 6 heteroatoms. The van der Waals surface area contributed by atoms with Crippen LogP contribution >= 0.6 is 0 Å². The van der Waals surface area contributed by atoms with Crippen LogP contribution in [0.2, 0.25) is 0 Å². The van der Waals surface area contributed by atoms with Crippen molar-refractivity contribution in [3.05, 3.63) is 29.8 Å². The summed E-state index contributed by atoms with van der Waals surface area (Å²) in [4.78, 5) is 0.155. The molecule has 100 valence electrons. The summed E-state index contributed by atoms with van der Waals surface area (Å²) in [6.07, 6.45) is 0.149. The molecule has 1 rings (SSSR count). The van der Waals surface area contributed by atoms with Gasteiger partial charge in [-0.3, -0.25) is 0 Å². The second-order valence-corrected chi connectivity index (χ2v) is 5.76. The van der Waals surface area contributed by atoms with Crippen molar-refractivity contribution in [2.75, 3.05) is 20.2 Å². The molecule has 0 saturated heterocycles. The number of nitriles is 1. The Bertz CT molecular complexity index is 619. The van der Waals surface area contributed by atoms with Crippen LogP contribution in [0, 0.1) is 23.2 Å². The van der Waals surface area contributed by atoms with Gasteiger partial charge in [-0.1, -0.05) is 11.8 Å². The first kappa shape index (κ1) is 15.2. The van der Waals surface area contributed by atoms with Gasteiger partial charge in [0.05, 0.1) is 11.0 Å². The van der Waals surface area contributed by atoms with Crippen molar-refractivity contribution in [1.29, 1.82) is 5.26 Å². The van der Waals surface area contributed by atoms with Gasteiger partial charge in [-0.2, -0.15) is 9.57 Å². The van der Waals surface area contributed by atoms with E-state index in [1.54, 1.807) is 12.1 Å². The van der Waals surface area contributed by atoms with E-state index in [0.717, 1.165) is 4.31 Å². The average molecular weight is 278 g/mol. The van der Waals surface area contributed by atoms with Crippen molar-refractivity contribution in [2.45, 2.75) is 11.3 Å². The monoisotopic (exact) mass is 278 g/mol. The van der Waals surface area contributed by atoms with Crippen LogP contribution in [0.4, 0.5) is 0 Å². The number of benzene rings is 1. The molecule has 0 heterocycles. The molecule has 0 aliphatic rings. The highest BCUT2D eigenvalue weighted by molar-refractivity contribution is 7.89. The fraction of sp³-hybridized carbons (Fsp3) is 0.308. The van der Waals surface area contributed by atoms with E-state index >= 15 is 0 Å². The second-order valence-electron chi connectivity index (χ2n) is 3.72. The van der Waals surface area contributed by atoms with Crippen LogP contribution in [0.5, 0.6) is 0 Å².